The van der Waals surface area contributed by atoms with Gasteiger partial charge in [-0.3, -0.25) is 9.69 Å². The van der Waals surface area contributed by atoms with Crippen LogP contribution in [0.2, 0.25) is 0 Å². The third kappa shape index (κ3) is 2.69. The molecule has 1 saturated heterocycles. The number of aliphatic carboxylic acids is 1. The molecule has 4 nitrogen and oxygen atoms in total. The fraction of sp³-hybridized carbons (Fsp3) is 0.909. The molecule has 1 unspecified atom stereocenters. The molecule has 0 aromatic rings. The van der Waals surface area contributed by atoms with Crippen LogP contribution in [0.4, 0.5) is 0 Å². The quantitative estimate of drug-likeness (QED) is 0.701. The van der Waals surface area contributed by atoms with E-state index in [1.165, 1.54) is 6.42 Å². The van der Waals surface area contributed by atoms with Crippen LogP contribution in [0.25, 0.3) is 0 Å². The maximum absolute atomic E-state index is 11.0. The second kappa shape index (κ2) is 4.94. The average Bonchev–Trinajstić information content (AvgIpc) is 2.30. The van der Waals surface area contributed by atoms with Crippen molar-refractivity contribution in [2.24, 2.45) is 5.92 Å². The van der Waals surface area contributed by atoms with Crippen LogP contribution in [0.5, 0.6) is 0 Å². The molecule has 86 valence electrons. The topological polar surface area (TPSA) is 52.6 Å². The fourth-order valence-electron chi connectivity index (χ4n) is 2.77. The number of carbonyl (C=O) groups is 1. The van der Waals surface area contributed by atoms with E-state index in [0.717, 1.165) is 45.4 Å². The second-order valence-electron chi connectivity index (χ2n) is 4.64. The lowest BCUT2D eigenvalue weighted by atomic mass is 9.85. The number of hydrogen-bond donors (Lipinski definition) is 2. The predicted molar refractivity (Wildman–Crippen MR) is 57.8 cm³/mol. The summed E-state index contributed by atoms with van der Waals surface area (Å²) in [6.07, 6.45) is 3.99. The van der Waals surface area contributed by atoms with E-state index in [2.05, 4.69) is 10.2 Å². The van der Waals surface area contributed by atoms with Gasteiger partial charge in [0.25, 0.3) is 0 Å². The first kappa shape index (κ1) is 10.9. The van der Waals surface area contributed by atoms with Gasteiger partial charge in [-0.25, -0.2) is 0 Å². The van der Waals surface area contributed by atoms with E-state index in [0.29, 0.717) is 6.04 Å². The molecule has 2 aliphatic rings. The van der Waals surface area contributed by atoms with Gasteiger partial charge in [0.1, 0.15) is 0 Å². The monoisotopic (exact) mass is 212 g/mol. The number of nitrogens with one attached hydrogen (secondary N) is 1. The second-order valence-corrected chi connectivity index (χ2v) is 4.64. The van der Waals surface area contributed by atoms with E-state index in [-0.39, 0.29) is 5.92 Å². The number of carboxylic acid groups (broad SMARTS) is 1. The van der Waals surface area contributed by atoms with Crippen LogP contribution in [-0.2, 0) is 4.79 Å². The highest BCUT2D eigenvalue weighted by molar-refractivity contribution is 5.70. The van der Waals surface area contributed by atoms with Gasteiger partial charge < -0.3 is 10.4 Å². The molecule has 4 heteroatoms. The van der Waals surface area contributed by atoms with Gasteiger partial charge in [-0.2, -0.15) is 0 Å². The van der Waals surface area contributed by atoms with Crippen molar-refractivity contribution in [1.82, 2.24) is 10.2 Å². The first-order valence-electron chi connectivity index (χ1n) is 5.95. The van der Waals surface area contributed by atoms with Crippen molar-refractivity contribution < 1.29 is 9.90 Å². The van der Waals surface area contributed by atoms with Gasteiger partial charge in [-0.15, -0.1) is 0 Å². The minimum Gasteiger partial charge on any atom is -0.481 e. The van der Waals surface area contributed by atoms with E-state index in [1.54, 1.807) is 0 Å². The molecule has 0 aromatic heterocycles. The van der Waals surface area contributed by atoms with Crippen molar-refractivity contribution in [3.05, 3.63) is 0 Å². The molecule has 2 atom stereocenters. The van der Waals surface area contributed by atoms with Gasteiger partial charge in [0.05, 0.1) is 5.92 Å². The summed E-state index contributed by atoms with van der Waals surface area (Å²) in [7, 11) is 0. The van der Waals surface area contributed by atoms with Gasteiger partial charge in [0.15, 0.2) is 0 Å². The smallest absolute Gasteiger partial charge is 0.306 e. The molecule has 2 fully saturated rings. The van der Waals surface area contributed by atoms with Crippen LogP contribution in [-0.4, -0.2) is 48.2 Å². The van der Waals surface area contributed by atoms with Crippen LogP contribution in [0.1, 0.15) is 25.7 Å². The Kier molecular flexibility index (Phi) is 3.59. The summed E-state index contributed by atoms with van der Waals surface area (Å²) in [6.45, 7) is 4.26. The third-order valence-electron chi connectivity index (χ3n) is 3.66. The van der Waals surface area contributed by atoms with Crippen molar-refractivity contribution in [3.8, 4) is 0 Å². The molecule has 0 aromatic carbocycles. The number of hydrogen-bond acceptors (Lipinski definition) is 3. The Bertz CT molecular complexity index is 227. The van der Waals surface area contributed by atoms with Crippen molar-refractivity contribution in [2.75, 3.05) is 26.2 Å². The van der Waals surface area contributed by atoms with E-state index < -0.39 is 5.97 Å². The zero-order chi connectivity index (χ0) is 10.7. The highest BCUT2D eigenvalue weighted by Crippen LogP contribution is 2.28. The Hall–Kier alpha value is -0.610. The summed E-state index contributed by atoms with van der Waals surface area (Å²) in [5.74, 6) is -0.700. The van der Waals surface area contributed by atoms with Crippen LogP contribution in [0, 0.1) is 5.92 Å². The largest absolute Gasteiger partial charge is 0.481 e. The number of nitrogens with zero attached hydrogens (tertiary/aromatic N) is 1. The van der Waals surface area contributed by atoms with Gasteiger partial charge >= 0.3 is 5.97 Å². The first-order chi connectivity index (χ1) is 7.27. The predicted octanol–water partition coefficient (Wildman–Crippen LogP) is 0.535. The lowest BCUT2D eigenvalue weighted by molar-refractivity contribution is -0.143. The Balaban J connectivity index is 1.88. The van der Waals surface area contributed by atoms with Crippen molar-refractivity contribution in [2.45, 2.75) is 31.7 Å². The molecule has 1 aliphatic heterocycles. The minimum absolute atomic E-state index is 0.0985. The Labute approximate surface area is 90.6 Å². The number of carboxylic acids is 1. The summed E-state index contributed by atoms with van der Waals surface area (Å²) in [5, 5.41) is 12.4. The van der Waals surface area contributed by atoms with E-state index in [9.17, 15) is 4.79 Å². The SMILES string of the molecule is O=C(O)C1CCC[C@@H](N2CCNCC2)C1. The first-order valence-corrected chi connectivity index (χ1v) is 5.95. The number of rotatable bonds is 2. The van der Waals surface area contributed by atoms with Gasteiger partial charge in [0.2, 0.25) is 0 Å². The third-order valence-corrected chi connectivity index (χ3v) is 3.66. The normalized spacial score (nSPS) is 33.9. The van der Waals surface area contributed by atoms with Crippen LogP contribution in [0.3, 0.4) is 0 Å². The summed E-state index contributed by atoms with van der Waals surface area (Å²) in [5.41, 5.74) is 0. The maximum Gasteiger partial charge on any atom is 0.306 e. The van der Waals surface area contributed by atoms with E-state index in [1.807, 2.05) is 0 Å². The van der Waals surface area contributed by atoms with Crippen molar-refractivity contribution in [3.63, 3.8) is 0 Å². The van der Waals surface area contributed by atoms with Gasteiger partial charge in [-0.05, 0) is 19.3 Å². The molecular formula is C11H20N2O2. The van der Waals surface area contributed by atoms with Crippen LogP contribution in [0.15, 0.2) is 0 Å². The molecule has 0 spiro atoms. The number of piperazine rings is 1. The fourth-order valence-corrected chi connectivity index (χ4v) is 2.77. The molecule has 0 amide bonds. The lowest BCUT2D eigenvalue weighted by Gasteiger charge is -2.38. The van der Waals surface area contributed by atoms with Crippen LogP contribution < -0.4 is 5.32 Å². The Morgan fingerprint density at radius 2 is 2.00 bits per heavy atom. The summed E-state index contributed by atoms with van der Waals surface area (Å²) in [6, 6.07) is 0.516. The Morgan fingerprint density at radius 1 is 1.27 bits per heavy atom. The zero-order valence-corrected chi connectivity index (χ0v) is 9.11. The standard InChI is InChI=1S/C11H20N2O2/c14-11(15)9-2-1-3-10(8-9)13-6-4-12-5-7-13/h9-10,12H,1-8H2,(H,14,15)/t9?,10-/m1/s1. The maximum atomic E-state index is 11.0. The Morgan fingerprint density at radius 3 is 2.67 bits per heavy atom. The van der Waals surface area contributed by atoms with E-state index >= 15 is 0 Å². The minimum atomic E-state index is -0.602. The molecule has 0 bridgehead atoms. The summed E-state index contributed by atoms with van der Waals surface area (Å²) >= 11 is 0. The molecule has 2 N–H and O–H groups in total. The molecule has 15 heavy (non-hydrogen) atoms. The molecule has 1 heterocycles. The van der Waals surface area contributed by atoms with Crippen LogP contribution >= 0.6 is 0 Å². The molecule has 1 aliphatic carbocycles. The van der Waals surface area contributed by atoms with E-state index in [4.69, 9.17) is 5.11 Å². The lowest BCUT2D eigenvalue weighted by Crippen LogP contribution is -2.50. The van der Waals surface area contributed by atoms with Crippen molar-refractivity contribution >= 4 is 5.97 Å². The summed E-state index contributed by atoms with van der Waals surface area (Å²) < 4.78 is 0. The zero-order valence-electron chi connectivity index (χ0n) is 9.11. The summed E-state index contributed by atoms with van der Waals surface area (Å²) in [4.78, 5) is 13.4. The van der Waals surface area contributed by atoms with Gasteiger partial charge in [-0.1, -0.05) is 6.42 Å². The highest BCUT2D eigenvalue weighted by atomic mass is 16.4. The molecular weight excluding hydrogens is 192 g/mol. The van der Waals surface area contributed by atoms with Crippen molar-refractivity contribution in [1.29, 1.82) is 0 Å². The van der Waals surface area contributed by atoms with Gasteiger partial charge in [0, 0.05) is 32.2 Å². The molecule has 1 saturated carbocycles. The molecule has 2 rings (SSSR count). The average molecular weight is 212 g/mol. The molecule has 0 radical (unpaired) electrons. The highest BCUT2D eigenvalue weighted by Gasteiger charge is 2.30.